The molecule has 0 aliphatic heterocycles. The van der Waals surface area contributed by atoms with Crippen molar-refractivity contribution >= 4 is 28.7 Å². The van der Waals surface area contributed by atoms with Crippen LogP contribution in [0, 0.1) is 0 Å². The molecule has 0 saturated heterocycles. The van der Waals surface area contributed by atoms with Gasteiger partial charge in [0.1, 0.15) is 5.03 Å². The van der Waals surface area contributed by atoms with Gasteiger partial charge in [0, 0.05) is 5.56 Å². The van der Waals surface area contributed by atoms with Crippen LogP contribution >= 0.6 is 11.6 Å². The number of hydrogen-bond donors (Lipinski definition) is 1. The Morgan fingerprint density at radius 3 is 2.39 bits per heavy atom. The summed E-state index contributed by atoms with van der Waals surface area (Å²) >= 11 is 6.19. The molecule has 0 amide bonds. The van der Waals surface area contributed by atoms with Crippen molar-refractivity contribution in [2.45, 2.75) is 0 Å². The molecule has 5 nitrogen and oxygen atoms in total. The molecular formula is C17H11ClN2O3. The average molecular weight is 327 g/mol. The Balaban J connectivity index is 1.84. The first-order chi connectivity index (χ1) is 11.1. The lowest BCUT2D eigenvalue weighted by Gasteiger charge is -1.97. The molecule has 1 heterocycles. The maximum absolute atomic E-state index is 10.8. The van der Waals surface area contributed by atoms with Gasteiger partial charge in [0.25, 0.3) is 5.89 Å². The molecule has 0 saturated carbocycles. The summed E-state index contributed by atoms with van der Waals surface area (Å²) in [4.78, 5) is 10.8. The maximum atomic E-state index is 10.8. The molecule has 0 atom stereocenters. The van der Waals surface area contributed by atoms with E-state index < -0.39 is 5.97 Å². The molecule has 2 aromatic carbocycles. The molecule has 0 unspecified atom stereocenters. The van der Waals surface area contributed by atoms with E-state index in [0.717, 1.165) is 11.1 Å². The Kier molecular flexibility index (Phi) is 4.21. The second kappa shape index (κ2) is 6.46. The summed E-state index contributed by atoms with van der Waals surface area (Å²) in [5.74, 6) is -0.391. The second-order valence-electron chi connectivity index (χ2n) is 4.70. The monoisotopic (exact) mass is 326 g/mol. The van der Waals surface area contributed by atoms with Crippen LogP contribution in [-0.2, 0) is 0 Å². The number of carbonyl (C=O) groups is 1. The van der Waals surface area contributed by atoms with Crippen LogP contribution in [-0.4, -0.2) is 21.3 Å². The highest BCUT2D eigenvalue weighted by Crippen LogP contribution is 2.25. The van der Waals surface area contributed by atoms with Crippen molar-refractivity contribution in [3.8, 4) is 11.5 Å². The van der Waals surface area contributed by atoms with E-state index in [1.807, 2.05) is 30.3 Å². The fourth-order valence-electron chi connectivity index (χ4n) is 1.95. The molecule has 0 aliphatic rings. The first-order valence-corrected chi connectivity index (χ1v) is 7.11. The zero-order valence-electron chi connectivity index (χ0n) is 11.8. The van der Waals surface area contributed by atoms with Crippen molar-refractivity contribution in [3.63, 3.8) is 0 Å². The van der Waals surface area contributed by atoms with Crippen molar-refractivity contribution in [1.29, 1.82) is 0 Å². The predicted molar refractivity (Wildman–Crippen MR) is 86.9 cm³/mol. The lowest BCUT2D eigenvalue weighted by molar-refractivity contribution is 0.0697. The normalized spacial score (nSPS) is 11.4. The van der Waals surface area contributed by atoms with Crippen LogP contribution in [0.2, 0.25) is 0 Å². The Labute approximate surface area is 136 Å². The Morgan fingerprint density at radius 1 is 1.04 bits per heavy atom. The summed E-state index contributed by atoms with van der Waals surface area (Å²) in [6.45, 7) is 0. The van der Waals surface area contributed by atoms with Crippen molar-refractivity contribution < 1.29 is 14.3 Å². The highest BCUT2D eigenvalue weighted by Gasteiger charge is 2.11. The van der Waals surface area contributed by atoms with Crippen molar-refractivity contribution in [2.75, 3.05) is 0 Å². The van der Waals surface area contributed by atoms with Gasteiger partial charge in [0.2, 0.25) is 5.89 Å². The van der Waals surface area contributed by atoms with E-state index in [1.165, 1.54) is 12.1 Å². The van der Waals surface area contributed by atoms with Gasteiger partial charge in [-0.1, -0.05) is 41.9 Å². The fourth-order valence-corrected chi connectivity index (χ4v) is 2.15. The van der Waals surface area contributed by atoms with E-state index >= 15 is 0 Å². The van der Waals surface area contributed by atoms with Gasteiger partial charge >= 0.3 is 5.97 Å². The molecule has 3 rings (SSSR count). The average Bonchev–Trinajstić information content (AvgIpc) is 3.06. The lowest BCUT2D eigenvalue weighted by Crippen LogP contribution is -1.94. The number of nitrogens with zero attached hydrogens (tertiary/aromatic N) is 2. The minimum absolute atomic E-state index is 0.202. The molecule has 0 fully saturated rings. The van der Waals surface area contributed by atoms with E-state index in [9.17, 15) is 4.79 Å². The van der Waals surface area contributed by atoms with Crippen LogP contribution < -0.4 is 0 Å². The first-order valence-electron chi connectivity index (χ1n) is 6.73. The zero-order chi connectivity index (χ0) is 16.2. The standard InChI is InChI=1S/C17H11ClN2O3/c18-14(10-11-6-8-13(9-7-11)17(21)22)16-20-19-15(23-16)12-4-2-1-3-5-12/h1-10H,(H,21,22). The third-order valence-corrected chi connectivity index (χ3v) is 3.37. The van der Waals surface area contributed by atoms with Crippen molar-refractivity contribution in [1.82, 2.24) is 10.2 Å². The van der Waals surface area contributed by atoms with Crippen LogP contribution in [0.25, 0.3) is 22.6 Å². The molecule has 0 spiro atoms. The quantitative estimate of drug-likeness (QED) is 0.778. The van der Waals surface area contributed by atoms with Gasteiger partial charge in [-0.2, -0.15) is 0 Å². The summed E-state index contributed by atoms with van der Waals surface area (Å²) in [5, 5.41) is 17.0. The smallest absolute Gasteiger partial charge is 0.335 e. The van der Waals surface area contributed by atoms with Crippen LogP contribution in [0.4, 0.5) is 0 Å². The molecular weight excluding hydrogens is 316 g/mol. The SMILES string of the molecule is O=C(O)c1ccc(C=C(Cl)c2nnc(-c3ccccc3)o2)cc1. The molecule has 0 radical (unpaired) electrons. The third-order valence-electron chi connectivity index (χ3n) is 3.10. The van der Waals surface area contributed by atoms with Crippen LogP contribution in [0.15, 0.2) is 59.0 Å². The van der Waals surface area contributed by atoms with E-state index in [0.29, 0.717) is 5.89 Å². The Bertz CT molecular complexity index is 855. The van der Waals surface area contributed by atoms with Gasteiger partial charge < -0.3 is 9.52 Å². The molecule has 23 heavy (non-hydrogen) atoms. The lowest BCUT2D eigenvalue weighted by atomic mass is 10.1. The number of carboxylic acids is 1. The summed E-state index contributed by atoms with van der Waals surface area (Å²) in [5.41, 5.74) is 1.75. The molecule has 114 valence electrons. The van der Waals surface area contributed by atoms with E-state index in [1.54, 1.807) is 18.2 Å². The van der Waals surface area contributed by atoms with Crippen molar-refractivity contribution in [2.24, 2.45) is 0 Å². The number of aromatic nitrogens is 2. The number of aromatic carboxylic acids is 1. The van der Waals surface area contributed by atoms with Gasteiger partial charge in [-0.15, -0.1) is 10.2 Å². The fraction of sp³-hybridized carbons (Fsp3) is 0. The van der Waals surface area contributed by atoms with Gasteiger partial charge in [0.05, 0.1) is 5.56 Å². The third kappa shape index (κ3) is 3.46. The highest BCUT2D eigenvalue weighted by molar-refractivity contribution is 6.50. The van der Waals surface area contributed by atoms with Gasteiger partial charge in [-0.3, -0.25) is 0 Å². The number of benzene rings is 2. The molecule has 0 bridgehead atoms. The number of rotatable bonds is 4. The van der Waals surface area contributed by atoms with Gasteiger partial charge in [-0.05, 0) is 35.9 Å². The molecule has 3 aromatic rings. The molecule has 1 aromatic heterocycles. The van der Waals surface area contributed by atoms with Crippen LogP contribution in [0.5, 0.6) is 0 Å². The van der Waals surface area contributed by atoms with E-state index in [4.69, 9.17) is 21.1 Å². The van der Waals surface area contributed by atoms with Crippen LogP contribution in [0.3, 0.4) is 0 Å². The predicted octanol–water partition coefficient (Wildman–Crippen LogP) is 4.17. The summed E-state index contributed by atoms with van der Waals surface area (Å²) < 4.78 is 5.55. The van der Waals surface area contributed by atoms with Crippen LogP contribution in [0.1, 0.15) is 21.8 Å². The summed E-state index contributed by atoms with van der Waals surface area (Å²) in [6.07, 6.45) is 1.63. The van der Waals surface area contributed by atoms with E-state index in [2.05, 4.69) is 10.2 Å². The van der Waals surface area contributed by atoms with Gasteiger partial charge in [-0.25, -0.2) is 4.79 Å². The first kappa shape index (κ1) is 15.0. The largest absolute Gasteiger partial charge is 0.478 e. The molecule has 6 heteroatoms. The second-order valence-corrected chi connectivity index (χ2v) is 5.11. The summed E-state index contributed by atoms with van der Waals surface area (Å²) in [7, 11) is 0. The number of halogens is 1. The van der Waals surface area contributed by atoms with Crippen molar-refractivity contribution in [3.05, 3.63) is 71.6 Å². The number of carboxylic acid groups (broad SMARTS) is 1. The Morgan fingerprint density at radius 2 is 1.74 bits per heavy atom. The number of hydrogen-bond acceptors (Lipinski definition) is 4. The summed E-state index contributed by atoms with van der Waals surface area (Å²) in [6, 6.07) is 15.7. The molecule has 0 aliphatic carbocycles. The minimum atomic E-state index is -0.976. The Hall–Kier alpha value is -2.92. The topological polar surface area (TPSA) is 76.2 Å². The minimum Gasteiger partial charge on any atom is -0.478 e. The highest BCUT2D eigenvalue weighted by atomic mass is 35.5. The maximum Gasteiger partial charge on any atom is 0.335 e. The van der Waals surface area contributed by atoms with E-state index in [-0.39, 0.29) is 16.5 Å². The molecule has 1 N–H and O–H groups in total. The zero-order valence-corrected chi connectivity index (χ0v) is 12.6. The van der Waals surface area contributed by atoms with Gasteiger partial charge in [0.15, 0.2) is 0 Å².